The average molecular weight is 265 g/mol. The Morgan fingerprint density at radius 1 is 1.53 bits per heavy atom. The minimum atomic E-state index is -0.542. The van der Waals surface area contributed by atoms with Crippen molar-refractivity contribution in [1.82, 2.24) is 10.2 Å². The van der Waals surface area contributed by atoms with Crippen molar-refractivity contribution < 1.29 is 14.0 Å². The molecule has 1 aromatic rings. The molecule has 5 nitrogen and oxygen atoms in total. The number of carbonyl (C=O) groups excluding carboxylic acids is 2. The maximum Gasteiger partial charge on any atom is 0.251 e. The number of hydrogen-bond donors (Lipinski definition) is 2. The molecule has 0 saturated carbocycles. The fourth-order valence-electron chi connectivity index (χ4n) is 2.08. The molecule has 0 bridgehead atoms. The van der Waals surface area contributed by atoms with Gasteiger partial charge in [0.15, 0.2) is 0 Å². The molecular weight excluding hydrogens is 249 g/mol. The molecule has 1 unspecified atom stereocenters. The third kappa shape index (κ3) is 3.01. The molecule has 1 aliphatic rings. The zero-order chi connectivity index (χ0) is 14.0. The molecule has 102 valence electrons. The summed E-state index contributed by atoms with van der Waals surface area (Å²) in [6.45, 7) is 0.487. The minimum Gasteiger partial charge on any atom is -0.396 e. The van der Waals surface area contributed by atoms with Gasteiger partial charge in [0.25, 0.3) is 5.91 Å². The van der Waals surface area contributed by atoms with E-state index < -0.39 is 5.82 Å². The van der Waals surface area contributed by atoms with Gasteiger partial charge >= 0.3 is 0 Å². The Kier molecular flexibility index (Phi) is 3.69. The van der Waals surface area contributed by atoms with Gasteiger partial charge in [0, 0.05) is 31.6 Å². The molecule has 1 aromatic carbocycles. The first kappa shape index (κ1) is 13.3. The molecule has 0 aromatic heterocycles. The normalized spacial score (nSPS) is 19.4. The number of benzene rings is 1. The number of nitrogens with two attached hydrogens (primary N) is 1. The lowest BCUT2D eigenvalue weighted by Crippen LogP contribution is -2.48. The van der Waals surface area contributed by atoms with Crippen LogP contribution in [0.1, 0.15) is 23.2 Å². The van der Waals surface area contributed by atoms with Crippen LogP contribution in [0.5, 0.6) is 0 Å². The molecular formula is C13H16FN3O2. The van der Waals surface area contributed by atoms with Crippen LogP contribution in [0.15, 0.2) is 18.2 Å². The van der Waals surface area contributed by atoms with Gasteiger partial charge in [-0.3, -0.25) is 9.59 Å². The monoisotopic (exact) mass is 265 g/mol. The van der Waals surface area contributed by atoms with E-state index in [1.807, 2.05) is 0 Å². The maximum absolute atomic E-state index is 13.0. The zero-order valence-corrected chi connectivity index (χ0v) is 10.6. The second-order valence-electron chi connectivity index (χ2n) is 4.72. The Hall–Kier alpha value is -2.11. The number of likely N-dealkylation sites (tertiary alicyclic amines) is 1. The second-order valence-corrected chi connectivity index (χ2v) is 4.72. The quantitative estimate of drug-likeness (QED) is 0.775. The van der Waals surface area contributed by atoms with Crippen molar-refractivity contribution in [3.05, 3.63) is 29.6 Å². The van der Waals surface area contributed by atoms with Crippen LogP contribution >= 0.6 is 0 Å². The standard InChI is InChI=1S/C13H16FN3O2/c1-17-7-9(3-5-12(17)18)16-13(19)8-2-4-10(14)11(15)6-8/h2,4,6,9H,3,5,7,15H2,1H3,(H,16,19). The molecule has 3 N–H and O–H groups in total. The molecule has 2 rings (SSSR count). The predicted octanol–water partition coefficient (Wildman–Crippen LogP) is 0.758. The highest BCUT2D eigenvalue weighted by Crippen LogP contribution is 2.14. The summed E-state index contributed by atoms with van der Waals surface area (Å²) in [6, 6.07) is 3.78. The van der Waals surface area contributed by atoms with E-state index >= 15 is 0 Å². The van der Waals surface area contributed by atoms with Gasteiger partial charge in [0.1, 0.15) is 5.82 Å². The van der Waals surface area contributed by atoms with E-state index in [1.54, 1.807) is 11.9 Å². The van der Waals surface area contributed by atoms with Crippen LogP contribution < -0.4 is 11.1 Å². The van der Waals surface area contributed by atoms with Gasteiger partial charge in [0.05, 0.1) is 5.69 Å². The Balaban J connectivity index is 2.01. The van der Waals surface area contributed by atoms with Gasteiger partial charge in [-0.05, 0) is 24.6 Å². The van der Waals surface area contributed by atoms with Crippen molar-refractivity contribution in [1.29, 1.82) is 0 Å². The number of nitrogens with one attached hydrogen (secondary N) is 1. The summed E-state index contributed by atoms with van der Waals surface area (Å²) in [4.78, 5) is 24.9. The van der Waals surface area contributed by atoms with E-state index in [4.69, 9.17) is 5.73 Å². The van der Waals surface area contributed by atoms with Gasteiger partial charge in [-0.2, -0.15) is 0 Å². The summed E-state index contributed by atoms with van der Waals surface area (Å²) < 4.78 is 13.0. The van der Waals surface area contributed by atoms with Crippen LogP contribution in [0.2, 0.25) is 0 Å². The molecule has 1 aliphatic heterocycles. The number of amides is 2. The molecule has 1 saturated heterocycles. The lowest BCUT2D eigenvalue weighted by atomic mass is 10.0. The molecule has 19 heavy (non-hydrogen) atoms. The number of halogens is 1. The first-order valence-corrected chi connectivity index (χ1v) is 6.07. The fourth-order valence-corrected chi connectivity index (χ4v) is 2.08. The molecule has 0 radical (unpaired) electrons. The smallest absolute Gasteiger partial charge is 0.251 e. The average Bonchev–Trinajstić information content (AvgIpc) is 2.37. The lowest BCUT2D eigenvalue weighted by molar-refractivity contribution is -0.132. The maximum atomic E-state index is 13.0. The van der Waals surface area contributed by atoms with E-state index in [9.17, 15) is 14.0 Å². The number of nitrogen functional groups attached to an aromatic ring is 1. The van der Waals surface area contributed by atoms with Crippen LogP contribution in [0.4, 0.5) is 10.1 Å². The van der Waals surface area contributed by atoms with E-state index in [0.717, 1.165) is 0 Å². The van der Waals surface area contributed by atoms with E-state index in [0.29, 0.717) is 24.9 Å². The number of nitrogens with zero attached hydrogens (tertiary/aromatic N) is 1. The lowest BCUT2D eigenvalue weighted by Gasteiger charge is -2.30. The van der Waals surface area contributed by atoms with Crippen LogP contribution in [0.3, 0.4) is 0 Å². The highest BCUT2D eigenvalue weighted by Gasteiger charge is 2.24. The highest BCUT2D eigenvalue weighted by atomic mass is 19.1. The zero-order valence-electron chi connectivity index (χ0n) is 10.6. The van der Waals surface area contributed by atoms with Gasteiger partial charge < -0.3 is 16.0 Å². The van der Waals surface area contributed by atoms with Crippen molar-refractivity contribution >= 4 is 17.5 Å². The van der Waals surface area contributed by atoms with Crippen LogP contribution in [-0.2, 0) is 4.79 Å². The molecule has 6 heteroatoms. The van der Waals surface area contributed by atoms with Crippen molar-refractivity contribution in [2.45, 2.75) is 18.9 Å². The van der Waals surface area contributed by atoms with Crippen LogP contribution in [-0.4, -0.2) is 36.3 Å². The SMILES string of the molecule is CN1CC(NC(=O)c2ccc(F)c(N)c2)CCC1=O. The third-order valence-corrected chi connectivity index (χ3v) is 3.22. The molecule has 1 fully saturated rings. The number of anilines is 1. The third-order valence-electron chi connectivity index (χ3n) is 3.22. The minimum absolute atomic E-state index is 0.0522. The van der Waals surface area contributed by atoms with Crippen molar-refractivity contribution in [3.63, 3.8) is 0 Å². The fraction of sp³-hybridized carbons (Fsp3) is 0.385. The van der Waals surface area contributed by atoms with Gasteiger partial charge in [-0.1, -0.05) is 0 Å². The van der Waals surface area contributed by atoms with Gasteiger partial charge in [0.2, 0.25) is 5.91 Å². The molecule has 2 amide bonds. The van der Waals surface area contributed by atoms with Gasteiger partial charge in [-0.15, -0.1) is 0 Å². The van der Waals surface area contributed by atoms with Crippen molar-refractivity contribution in [2.75, 3.05) is 19.3 Å². The number of piperidine rings is 1. The highest BCUT2D eigenvalue weighted by molar-refractivity contribution is 5.95. The van der Waals surface area contributed by atoms with E-state index in [-0.39, 0.29) is 23.5 Å². The van der Waals surface area contributed by atoms with Crippen LogP contribution in [0, 0.1) is 5.82 Å². The molecule has 0 aliphatic carbocycles. The summed E-state index contributed by atoms with van der Waals surface area (Å²) in [6.07, 6.45) is 1.04. The number of carbonyl (C=O) groups is 2. The summed E-state index contributed by atoms with van der Waals surface area (Å²) in [7, 11) is 1.70. The van der Waals surface area contributed by atoms with E-state index in [1.165, 1.54) is 18.2 Å². The van der Waals surface area contributed by atoms with E-state index in [2.05, 4.69) is 5.32 Å². The largest absolute Gasteiger partial charge is 0.396 e. The first-order chi connectivity index (χ1) is 8.97. The number of rotatable bonds is 2. The summed E-state index contributed by atoms with van der Waals surface area (Å²) in [5.74, 6) is -0.768. The molecule has 1 atom stereocenters. The second kappa shape index (κ2) is 5.26. The Labute approximate surface area is 110 Å². The summed E-state index contributed by atoms with van der Waals surface area (Å²) >= 11 is 0. The Morgan fingerprint density at radius 3 is 2.89 bits per heavy atom. The number of likely N-dealkylation sites (N-methyl/N-ethyl adjacent to an activating group) is 1. The van der Waals surface area contributed by atoms with Crippen molar-refractivity contribution in [3.8, 4) is 0 Å². The Morgan fingerprint density at radius 2 is 2.26 bits per heavy atom. The van der Waals surface area contributed by atoms with Gasteiger partial charge in [-0.25, -0.2) is 4.39 Å². The van der Waals surface area contributed by atoms with Crippen molar-refractivity contribution in [2.24, 2.45) is 0 Å². The molecule has 0 spiro atoms. The predicted molar refractivity (Wildman–Crippen MR) is 68.9 cm³/mol. The summed E-state index contributed by atoms with van der Waals surface area (Å²) in [5.41, 5.74) is 5.69. The Bertz CT molecular complexity index is 519. The summed E-state index contributed by atoms with van der Waals surface area (Å²) in [5, 5.41) is 2.82. The van der Waals surface area contributed by atoms with Crippen LogP contribution in [0.25, 0.3) is 0 Å². The first-order valence-electron chi connectivity index (χ1n) is 6.07. The number of hydrogen-bond acceptors (Lipinski definition) is 3. The topological polar surface area (TPSA) is 75.4 Å². The molecule has 1 heterocycles.